The van der Waals surface area contributed by atoms with Crippen LogP contribution in [0.2, 0.25) is 5.02 Å². The number of nitrogens with zero attached hydrogens (tertiary/aromatic N) is 1. The summed E-state index contributed by atoms with van der Waals surface area (Å²) < 4.78 is 0. The first kappa shape index (κ1) is 20.6. The van der Waals surface area contributed by atoms with E-state index in [1.807, 2.05) is 79.7 Å². The van der Waals surface area contributed by atoms with Crippen LogP contribution in [-0.4, -0.2) is 18.4 Å². The van der Waals surface area contributed by atoms with Crippen molar-refractivity contribution in [3.8, 4) is 0 Å². The summed E-state index contributed by atoms with van der Waals surface area (Å²) in [6.07, 6.45) is 0.513. The lowest BCUT2D eigenvalue weighted by Gasteiger charge is -2.21. The fourth-order valence-electron chi connectivity index (χ4n) is 3.11. The number of hydrogen-bond donors (Lipinski definition) is 1. The number of hydrogen-bond acceptors (Lipinski definition) is 2. The fourth-order valence-corrected chi connectivity index (χ4v) is 3.31. The molecule has 0 spiro atoms. The van der Waals surface area contributed by atoms with Gasteiger partial charge in [0.2, 0.25) is 11.8 Å². The van der Waals surface area contributed by atoms with Crippen LogP contribution in [0.4, 0.5) is 11.4 Å². The number of benzene rings is 3. The van der Waals surface area contributed by atoms with Gasteiger partial charge in [0.15, 0.2) is 0 Å². The maximum atomic E-state index is 12.7. The summed E-state index contributed by atoms with van der Waals surface area (Å²) in [4.78, 5) is 26.7. The third-order valence-electron chi connectivity index (χ3n) is 4.59. The molecule has 148 valence electrons. The average molecular weight is 407 g/mol. The first-order valence-electron chi connectivity index (χ1n) is 9.54. The minimum Gasteiger partial charge on any atom is -0.326 e. The van der Waals surface area contributed by atoms with Crippen molar-refractivity contribution in [1.29, 1.82) is 0 Å². The van der Waals surface area contributed by atoms with Gasteiger partial charge in [-0.05, 0) is 48.4 Å². The van der Waals surface area contributed by atoms with Gasteiger partial charge >= 0.3 is 0 Å². The summed E-state index contributed by atoms with van der Waals surface area (Å²) in [6.45, 7) is 2.57. The molecule has 5 heteroatoms. The third-order valence-corrected chi connectivity index (χ3v) is 4.96. The van der Waals surface area contributed by atoms with Crippen LogP contribution in [0.15, 0.2) is 78.9 Å². The van der Waals surface area contributed by atoms with Crippen molar-refractivity contribution in [3.63, 3.8) is 0 Å². The second kappa shape index (κ2) is 9.89. The molecule has 3 aromatic rings. The molecule has 0 fully saturated rings. The number of rotatable bonds is 7. The summed E-state index contributed by atoms with van der Waals surface area (Å²) in [5.74, 6) is -0.0997. The molecular formula is C24H23ClN2O2. The summed E-state index contributed by atoms with van der Waals surface area (Å²) >= 11 is 6.11. The van der Waals surface area contributed by atoms with Gasteiger partial charge < -0.3 is 10.2 Å². The molecule has 0 aromatic heterocycles. The Hall–Kier alpha value is -3.11. The molecule has 29 heavy (non-hydrogen) atoms. The van der Waals surface area contributed by atoms with Crippen LogP contribution >= 0.6 is 11.6 Å². The van der Waals surface area contributed by atoms with E-state index in [4.69, 9.17) is 11.6 Å². The van der Waals surface area contributed by atoms with Gasteiger partial charge in [-0.3, -0.25) is 9.59 Å². The van der Waals surface area contributed by atoms with Crippen molar-refractivity contribution in [2.45, 2.75) is 19.8 Å². The smallest absolute Gasteiger partial charge is 0.231 e. The molecule has 4 nitrogen and oxygen atoms in total. The Labute approximate surface area is 176 Å². The first-order chi connectivity index (χ1) is 14.1. The lowest BCUT2D eigenvalue weighted by atomic mass is 10.1. The lowest BCUT2D eigenvalue weighted by molar-refractivity contribution is -0.118. The van der Waals surface area contributed by atoms with E-state index in [2.05, 4.69) is 5.32 Å². The van der Waals surface area contributed by atoms with Crippen molar-refractivity contribution < 1.29 is 9.59 Å². The van der Waals surface area contributed by atoms with E-state index >= 15 is 0 Å². The van der Waals surface area contributed by atoms with Crippen LogP contribution in [0.5, 0.6) is 0 Å². The Morgan fingerprint density at radius 3 is 2.17 bits per heavy atom. The maximum absolute atomic E-state index is 12.7. The van der Waals surface area contributed by atoms with Crippen molar-refractivity contribution in [3.05, 3.63) is 95.0 Å². The highest BCUT2D eigenvalue weighted by molar-refractivity contribution is 6.31. The number of likely N-dealkylation sites (N-methyl/N-ethyl adjacent to an activating group) is 1. The van der Waals surface area contributed by atoms with Gasteiger partial charge in [-0.1, -0.05) is 60.1 Å². The van der Waals surface area contributed by atoms with Crippen LogP contribution in [0.3, 0.4) is 0 Å². The fraction of sp³-hybridized carbons (Fsp3) is 0.167. The van der Waals surface area contributed by atoms with Gasteiger partial charge in [0, 0.05) is 22.9 Å². The van der Waals surface area contributed by atoms with Gasteiger partial charge in [0.05, 0.1) is 12.8 Å². The Bertz CT molecular complexity index is 972. The molecule has 0 saturated heterocycles. The number of anilines is 2. The van der Waals surface area contributed by atoms with Gasteiger partial charge in [0.1, 0.15) is 0 Å². The highest BCUT2D eigenvalue weighted by atomic mass is 35.5. The van der Waals surface area contributed by atoms with Gasteiger partial charge in [-0.15, -0.1) is 0 Å². The molecule has 3 rings (SSSR count). The zero-order valence-corrected chi connectivity index (χ0v) is 17.0. The number of nitrogens with one attached hydrogen (secondary N) is 1. The predicted octanol–water partition coefficient (Wildman–Crippen LogP) is 5.12. The molecule has 0 aliphatic heterocycles. The largest absolute Gasteiger partial charge is 0.326 e. The first-order valence-corrected chi connectivity index (χ1v) is 9.92. The standard InChI is InChI=1S/C24H23ClN2O2/c1-2-27(21-9-4-3-5-10-21)24(29)16-18-12-14-20(15-13-18)26-23(28)17-19-8-6-7-11-22(19)25/h3-15H,2,16-17H2,1H3,(H,26,28). The molecule has 2 amide bonds. The molecule has 0 atom stereocenters. The van der Waals surface area contributed by atoms with Gasteiger partial charge in [-0.25, -0.2) is 0 Å². The van der Waals surface area contributed by atoms with E-state index in [9.17, 15) is 9.59 Å². The maximum Gasteiger partial charge on any atom is 0.231 e. The minimum atomic E-state index is -0.136. The van der Waals surface area contributed by atoms with Crippen molar-refractivity contribution in [1.82, 2.24) is 0 Å². The van der Waals surface area contributed by atoms with Gasteiger partial charge in [0.25, 0.3) is 0 Å². The molecule has 1 N–H and O–H groups in total. The molecule has 3 aromatic carbocycles. The highest BCUT2D eigenvalue weighted by Gasteiger charge is 2.14. The van der Waals surface area contributed by atoms with E-state index < -0.39 is 0 Å². The Morgan fingerprint density at radius 1 is 0.862 bits per heavy atom. The minimum absolute atomic E-state index is 0.0363. The molecule has 0 heterocycles. The Morgan fingerprint density at radius 2 is 1.52 bits per heavy atom. The van der Waals surface area contributed by atoms with E-state index in [0.29, 0.717) is 23.7 Å². The Balaban J connectivity index is 1.59. The third kappa shape index (κ3) is 5.69. The predicted molar refractivity (Wildman–Crippen MR) is 118 cm³/mol. The normalized spacial score (nSPS) is 10.4. The zero-order valence-electron chi connectivity index (χ0n) is 16.3. The average Bonchev–Trinajstić information content (AvgIpc) is 2.72. The SMILES string of the molecule is CCN(C(=O)Cc1ccc(NC(=O)Cc2ccccc2Cl)cc1)c1ccccc1. The highest BCUT2D eigenvalue weighted by Crippen LogP contribution is 2.18. The summed E-state index contributed by atoms with van der Waals surface area (Å²) in [5, 5.41) is 3.44. The quantitative estimate of drug-likeness (QED) is 0.592. The molecular weight excluding hydrogens is 384 g/mol. The molecule has 0 radical (unpaired) electrons. The van der Waals surface area contributed by atoms with E-state index in [1.54, 1.807) is 11.0 Å². The number of para-hydroxylation sites is 1. The van der Waals surface area contributed by atoms with Crippen molar-refractivity contribution >= 4 is 34.8 Å². The summed E-state index contributed by atoms with van der Waals surface area (Å²) in [7, 11) is 0. The van der Waals surface area contributed by atoms with Crippen LogP contribution in [0.25, 0.3) is 0 Å². The molecule has 0 unspecified atom stereocenters. The molecule has 0 aliphatic rings. The second-order valence-corrected chi connectivity index (χ2v) is 7.07. The van der Waals surface area contributed by atoms with Crippen LogP contribution in [0, 0.1) is 0 Å². The number of carbonyl (C=O) groups excluding carboxylic acids is 2. The van der Waals surface area contributed by atoms with E-state index in [-0.39, 0.29) is 18.2 Å². The topological polar surface area (TPSA) is 49.4 Å². The Kier molecular flexibility index (Phi) is 7.04. The molecule has 0 saturated carbocycles. The van der Waals surface area contributed by atoms with Gasteiger partial charge in [-0.2, -0.15) is 0 Å². The zero-order chi connectivity index (χ0) is 20.6. The molecule has 0 aliphatic carbocycles. The second-order valence-electron chi connectivity index (χ2n) is 6.66. The van der Waals surface area contributed by atoms with Crippen LogP contribution < -0.4 is 10.2 Å². The van der Waals surface area contributed by atoms with E-state index in [1.165, 1.54) is 0 Å². The monoisotopic (exact) mass is 406 g/mol. The van der Waals surface area contributed by atoms with Crippen LogP contribution in [0.1, 0.15) is 18.1 Å². The number of halogens is 1. The van der Waals surface area contributed by atoms with Crippen LogP contribution in [-0.2, 0) is 22.4 Å². The van der Waals surface area contributed by atoms with Crippen molar-refractivity contribution in [2.24, 2.45) is 0 Å². The summed E-state index contributed by atoms with van der Waals surface area (Å²) in [6, 6.07) is 24.3. The number of amides is 2. The number of carbonyl (C=O) groups is 2. The molecule has 0 bridgehead atoms. The summed E-state index contributed by atoms with van der Waals surface area (Å²) in [5.41, 5.74) is 3.26. The van der Waals surface area contributed by atoms with Crippen molar-refractivity contribution in [2.75, 3.05) is 16.8 Å². The van der Waals surface area contributed by atoms with E-state index in [0.717, 1.165) is 16.8 Å². The lowest BCUT2D eigenvalue weighted by Crippen LogP contribution is -2.31.